The number of fused-ring (bicyclic) bond motifs is 1. The standard InChI is InChI=1S/C16H20N2O/c1-3-10(2)18-9-8-13-14(16(18)19)7-6-12(15(13)17)11-4-5-11/h6-11H,3-5,17H2,1-2H3/t10-/m1/s1. The zero-order valence-corrected chi connectivity index (χ0v) is 11.5. The minimum absolute atomic E-state index is 0.0703. The predicted octanol–water partition coefficient (Wildman–Crippen LogP) is 3.43. The number of nitrogens with two attached hydrogens (primary N) is 1. The highest BCUT2D eigenvalue weighted by Gasteiger charge is 2.26. The Labute approximate surface area is 113 Å². The summed E-state index contributed by atoms with van der Waals surface area (Å²) in [6.45, 7) is 4.15. The van der Waals surface area contributed by atoms with E-state index in [4.69, 9.17) is 5.73 Å². The molecule has 19 heavy (non-hydrogen) atoms. The summed E-state index contributed by atoms with van der Waals surface area (Å²) in [4.78, 5) is 12.5. The normalized spacial score (nSPS) is 16.7. The first-order valence-electron chi connectivity index (χ1n) is 7.06. The van der Waals surface area contributed by atoms with Crippen molar-refractivity contribution in [2.45, 2.75) is 45.1 Å². The molecule has 0 saturated heterocycles. The molecule has 0 radical (unpaired) electrons. The van der Waals surface area contributed by atoms with Crippen molar-refractivity contribution in [2.75, 3.05) is 5.73 Å². The smallest absolute Gasteiger partial charge is 0.258 e. The molecule has 0 aliphatic heterocycles. The zero-order valence-electron chi connectivity index (χ0n) is 11.5. The summed E-state index contributed by atoms with van der Waals surface area (Å²) in [5.41, 5.74) is 8.32. The van der Waals surface area contributed by atoms with Crippen LogP contribution in [0.25, 0.3) is 10.8 Å². The number of rotatable bonds is 3. The van der Waals surface area contributed by atoms with E-state index in [-0.39, 0.29) is 11.6 Å². The largest absolute Gasteiger partial charge is 0.398 e. The molecular weight excluding hydrogens is 236 g/mol. The topological polar surface area (TPSA) is 48.0 Å². The number of pyridine rings is 1. The number of nitrogens with zero attached hydrogens (tertiary/aromatic N) is 1. The van der Waals surface area contributed by atoms with Gasteiger partial charge >= 0.3 is 0 Å². The van der Waals surface area contributed by atoms with Crippen molar-refractivity contribution in [2.24, 2.45) is 0 Å². The molecule has 2 N–H and O–H groups in total. The van der Waals surface area contributed by atoms with E-state index in [2.05, 4.69) is 13.8 Å². The lowest BCUT2D eigenvalue weighted by atomic mass is 10.0. The fourth-order valence-corrected chi connectivity index (χ4v) is 2.68. The van der Waals surface area contributed by atoms with Crippen molar-refractivity contribution < 1.29 is 0 Å². The Kier molecular flexibility index (Phi) is 2.85. The van der Waals surface area contributed by atoms with Gasteiger partial charge in [-0.1, -0.05) is 13.0 Å². The third-order valence-electron chi connectivity index (χ3n) is 4.27. The third kappa shape index (κ3) is 1.93. The Morgan fingerprint density at radius 2 is 2.05 bits per heavy atom. The highest BCUT2D eigenvalue weighted by atomic mass is 16.1. The molecule has 3 heteroatoms. The lowest BCUT2D eigenvalue weighted by molar-refractivity contribution is 0.517. The van der Waals surface area contributed by atoms with Gasteiger partial charge in [-0.25, -0.2) is 0 Å². The maximum Gasteiger partial charge on any atom is 0.258 e. The maximum atomic E-state index is 12.5. The molecule has 2 aromatic rings. The Balaban J connectivity index is 2.22. The fraction of sp³-hybridized carbons (Fsp3) is 0.438. The Hall–Kier alpha value is -1.77. The van der Waals surface area contributed by atoms with E-state index < -0.39 is 0 Å². The molecule has 3 nitrogen and oxygen atoms in total. The van der Waals surface area contributed by atoms with E-state index >= 15 is 0 Å². The predicted molar refractivity (Wildman–Crippen MR) is 79.6 cm³/mol. The van der Waals surface area contributed by atoms with Crippen LogP contribution in [0.1, 0.15) is 50.6 Å². The number of anilines is 1. The lowest BCUT2D eigenvalue weighted by Crippen LogP contribution is -2.22. The monoisotopic (exact) mass is 256 g/mol. The van der Waals surface area contributed by atoms with Crippen LogP contribution in [-0.2, 0) is 0 Å². The van der Waals surface area contributed by atoms with Crippen molar-refractivity contribution in [1.29, 1.82) is 0 Å². The van der Waals surface area contributed by atoms with Gasteiger partial charge in [0, 0.05) is 28.7 Å². The highest BCUT2D eigenvalue weighted by Crippen LogP contribution is 2.44. The first kappa shape index (κ1) is 12.3. The van der Waals surface area contributed by atoms with Crippen LogP contribution >= 0.6 is 0 Å². The van der Waals surface area contributed by atoms with Gasteiger partial charge < -0.3 is 10.3 Å². The van der Waals surface area contributed by atoms with Crippen LogP contribution in [0.2, 0.25) is 0 Å². The molecule has 0 amide bonds. The van der Waals surface area contributed by atoms with Crippen LogP contribution in [0.15, 0.2) is 29.2 Å². The van der Waals surface area contributed by atoms with Gasteiger partial charge in [0.15, 0.2) is 0 Å². The Morgan fingerprint density at radius 1 is 1.32 bits per heavy atom. The van der Waals surface area contributed by atoms with E-state index in [0.29, 0.717) is 5.92 Å². The van der Waals surface area contributed by atoms with Crippen molar-refractivity contribution in [3.63, 3.8) is 0 Å². The van der Waals surface area contributed by atoms with Gasteiger partial charge in [0.25, 0.3) is 5.56 Å². The number of hydrogen-bond acceptors (Lipinski definition) is 2. The van der Waals surface area contributed by atoms with E-state index in [1.807, 2.05) is 24.4 Å². The molecule has 0 unspecified atom stereocenters. The molecule has 1 aliphatic rings. The van der Waals surface area contributed by atoms with Gasteiger partial charge in [0.05, 0.1) is 0 Å². The summed E-state index contributed by atoms with van der Waals surface area (Å²) >= 11 is 0. The molecule has 0 bridgehead atoms. The molecule has 1 aliphatic carbocycles. The number of aromatic nitrogens is 1. The summed E-state index contributed by atoms with van der Waals surface area (Å²) in [5, 5.41) is 1.65. The quantitative estimate of drug-likeness (QED) is 0.855. The molecule has 1 heterocycles. The van der Waals surface area contributed by atoms with Crippen molar-refractivity contribution in [3.8, 4) is 0 Å². The highest BCUT2D eigenvalue weighted by molar-refractivity contribution is 5.94. The van der Waals surface area contributed by atoms with Crippen molar-refractivity contribution in [1.82, 2.24) is 4.57 Å². The molecule has 1 saturated carbocycles. The summed E-state index contributed by atoms with van der Waals surface area (Å²) in [6, 6.07) is 6.20. The number of nitrogen functional groups attached to an aromatic ring is 1. The maximum absolute atomic E-state index is 12.5. The van der Waals surface area contributed by atoms with E-state index in [1.165, 1.54) is 18.4 Å². The van der Waals surface area contributed by atoms with E-state index in [9.17, 15) is 4.79 Å². The molecule has 100 valence electrons. The molecule has 1 atom stereocenters. The summed E-state index contributed by atoms with van der Waals surface area (Å²) in [6.07, 6.45) is 5.27. The molecular formula is C16H20N2O. The second-order valence-corrected chi connectivity index (χ2v) is 5.59. The first-order valence-corrected chi connectivity index (χ1v) is 7.06. The molecule has 1 aromatic carbocycles. The lowest BCUT2D eigenvalue weighted by Gasteiger charge is -2.15. The van der Waals surface area contributed by atoms with Crippen LogP contribution in [0.4, 0.5) is 5.69 Å². The van der Waals surface area contributed by atoms with Gasteiger partial charge in [-0.15, -0.1) is 0 Å². The SMILES string of the molecule is CC[C@@H](C)n1ccc2c(N)c(C3CC3)ccc2c1=O. The summed E-state index contributed by atoms with van der Waals surface area (Å²) < 4.78 is 1.80. The first-order chi connectivity index (χ1) is 9.13. The Bertz CT molecular complexity index is 683. The van der Waals surface area contributed by atoms with E-state index in [0.717, 1.165) is 22.9 Å². The average Bonchev–Trinajstić information content (AvgIpc) is 3.24. The average molecular weight is 256 g/mol. The summed E-state index contributed by atoms with van der Waals surface area (Å²) in [5.74, 6) is 0.612. The zero-order chi connectivity index (χ0) is 13.6. The number of benzene rings is 1. The molecule has 1 aromatic heterocycles. The van der Waals surface area contributed by atoms with Crippen LogP contribution < -0.4 is 11.3 Å². The van der Waals surface area contributed by atoms with Crippen LogP contribution in [0.5, 0.6) is 0 Å². The second-order valence-electron chi connectivity index (χ2n) is 5.59. The van der Waals surface area contributed by atoms with Crippen LogP contribution in [0, 0.1) is 0 Å². The minimum Gasteiger partial charge on any atom is -0.398 e. The van der Waals surface area contributed by atoms with Gasteiger partial charge in [-0.2, -0.15) is 0 Å². The van der Waals surface area contributed by atoms with Gasteiger partial charge in [0.2, 0.25) is 0 Å². The van der Waals surface area contributed by atoms with Crippen molar-refractivity contribution >= 4 is 16.5 Å². The molecule has 0 spiro atoms. The second kappa shape index (κ2) is 4.41. The van der Waals surface area contributed by atoms with E-state index in [1.54, 1.807) is 4.57 Å². The van der Waals surface area contributed by atoms with Crippen molar-refractivity contribution in [3.05, 3.63) is 40.3 Å². The fourth-order valence-electron chi connectivity index (χ4n) is 2.68. The van der Waals surface area contributed by atoms with Crippen LogP contribution in [0.3, 0.4) is 0 Å². The van der Waals surface area contributed by atoms with Gasteiger partial charge in [-0.3, -0.25) is 4.79 Å². The third-order valence-corrected chi connectivity index (χ3v) is 4.27. The molecule has 1 fully saturated rings. The molecule has 3 rings (SSSR count). The van der Waals surface area contributed by atoms with Gasteiger partial charge in [0.1, 0.15) is 0 Å². The number of hydrogen-bond donors (Lipinski definition) is 1. The summed E-state index contributed by atoms with van der Waals surface area (Å²) in [7, 11) is 0. The van der Waals surface area contributed by atoms with Crippen LogP contribution in [-0.4, -0.2) is 4.57 Å². The Morgan fingerprint density at radius 3 is 2.68 bits per heavy atom. The minimum atomic E-state index is 0.0703. The van der Waals surface area contributed by atoms with Gasteiger partial charge in [-0.05, 0) is 49.8 Å².